The monoisotopic (exact) mass is 626 g/mol. The Hall–Kier alpha value is -3.27. The third kappa shape index (κ3) is 10.2. The van der Waals surface area contributed by atoms with Crippen LogP contribution in [0.3, 0.4) is 0 Å². The maximum absolute atomic E-state index is 13.5. The quantitative estimate of drug-likeness (QED) is 0.259. The molecule has 2 N–H and O–H groups in total. The van der Waals surface area contributed by atoms with Gasteiger partial charge in [0, 0.05) is 44.0 Å². The zero-order valence-corrected chi connectivity index (χ0v) is 26.4. The Morgan fingerprint density at radius 3 is 2.05 bits per heavy atom. The number of carbonyl (C=O) groups is 1. The van der Waals surface area contributed by atoms with Gasteiger partial charge >= 0.3 is 6.03 Å². The summed E-state index contributed by atoms with van der Waals surface area (Å²) in [4.78, 5) is 18.0. The minimum absolute atomic E-state index is 0. The smallest absolute Gasteiger partial charge is 0.318 e. The number of likely N-dealkylation sites (tertiary alicyclic amines) is 1. The summed E-state index contributed by atoms with van der Waals surface area (Å²) >= 11 is 0. The molecule has 5 rings (SSSR count). The second kappa shape index (κ2) is 15.5. The van der Waals surface area contributed by atoms with Crippen LogP contribution in [-0.4, -0.2) is 55.7 Å². The van der Waals surface area contributed by atoms with E-state index in [4.69, 9.17) is 4.74 Å². The standard InChI is InChI=1S/C33H42N4O4S.ClH/c1-42(39,40)35-29-14-18-32(19-15-29)41-31-16-12-27(13-17-31)24-36-22-20-30(21-23-36)37(25-26-8-4-2-5-9-26)33(38)34-28-10-6-3-7-11-28;/h2,4-5,8-9,12-19,28,30,35H,3,6-7,10-11,20-25H2,1H3,(H,34,38);1H. The molecule has 8 nitrogen and oxygen atoms in total. The number of nitrogens with one attached hydrogen (secondary N) is 2. The summed E-state index contributed by atoms with van der Waals surface area (Å²) < 4.78 is 31.2. The van der Waals surface area contributed by atoms with Crippen LogP contribution in [-0.2, 0) is 23.1 Å². The number of urea groups is 1. The number of sulfonamides is 1. The summed E-state index contributed by atoms with van der Waals surface area (Å²) in [5.41, 5.74) is 2.88. The highest BCUT2D eigenvalue weighted by Crippen LogP contribution is 2.26. The molecule has 1 saturated heterocycles. The van der Waals surface area contributed by atoms with E-state index in [2.05, 4.69) is 44.1 Å². The van der Waals surface area contributed by atoms with Crippen LogP contribution in [0.2, 0.25) is 0 Å². The van der Waals surface area contributed by atoms with Gasteiger partial charge in [-0.25, -0.2) is 13.2 Å². The average Bonchev–Trinajstić information content (AvgIpc) is 2.99. The maximum Gasteiger partial charge on any atom is 0.318 e. The van der Waals surface area contributed by atoms with Gasteiger partial charge < -0.3 is 15.0 Å². The van der Waals surface area contributed by atoms with Gasteiger partial charge in [-0.2, -0.15) is 0 Å². The van der Waals surface area contributed by atoms with Crippen molar-refractivity contribution in [2.24, 2.45) is 0 Å². The molecule has 0 aromatic heterocycles. The first-order valence-corrected chi connectivity index (χ1v) is 16.9. The number of rotatable bonds is 10. The minimum Gasteiger partial charge on any atom is -0.457 e. The first-order valence-electron chi connectivity index (χ1n) is 15.0. The molecule has 0 radical (unpaired) electrons. The van der Waals surface area contributed by atoms with Crippen molar-refractivity contribution in [3.8, 4) is 11.5 Å². The number of benzene rings is 3. The zero-order valence-electron chi connectivity index (χ0n) is 24.8. The fourth-order valence-electron chi connectivity index (χ4n) is 5.90. The van der Waals surface area contributed by atoms with Crippen molar-refractivity contribution in [3.05, 3.63) is 90.0 Å². The average molecular weight is 627 g/mol. The SMILES string of the molecule is CS(=O)(=O)Nc1ccc(Oc2ccc(CN3CCC(N(Cc4ccccc4)C(=O)NC4CCCCC4)CC3)cc2)cc1.Cl. The van der Waals surface area contributed by atoms with E-state index in [9.17, 15) is 13.2 Å². The molecule has 0 bridgehead atoms. The van der Waals surface area contributed by atoms with Crippen molar-refractivity contribution >= 4 is 34.1 Å². The molecule has 1 saturated carbocycles. The van der Waals surface area contributed by atoms with Gasteiger partial charge in [0.2, 0.25) is 10.0 Å². The molecule has 3 aromatic rings. The molecule has 2 amide bonds. The summed E-state index contributed by atoms with van der Waals surface area (Å²) in [5.74, 6) is 1.36. The molecule has 1 heterocycles. The third-order valence-electron chi connectivity index (χ3n) is 8.11. The van der Waals surface area contributed by atoms with Crippen molar-refractivity contribution in [2.75, 3.05) is 24.1 Å². The molecule has 0 spiro atoms. The molecule has 3 aromatic carbocycles. The Morgan fingerprint density at radius 2 is 1.44 bits per heavy atom. The number of carbonyl (C=O) groups excluding carboxylic acids is 1. The van der Waals surface area contributed by atoms with Crippen LogP contribution in [0.25, 0.3) is 0 Å². The summed E-state index contributed by atoms with van der Waals surface area (Å²) in [7, 11) is -3.31. The lowest BCUT2D eigenvalue weighted by molar-refractivity contribution is 0.110. The molecule has 232 valence electrons. The zero-order chi connectivity index (χ0) is 29.4. The molecular formula is C33H43ClN4O4S. The largest absolute Gasteiger partial charge is 0.457 e. The van der Waals surface area contributed by atoms with Crippen molar-refractivity contribution in [2.45, 2.75) is 70.1 Å². The van der Waals surface area contributed by atoms with Gasteiger partial charge in [-0.3, -0.25) is 9.62 Å². The molecule has 0 unspecified atom stereocenters. The Bertz CT molecular complexity index is 1390. The topological polar surface area (TPSA) is 91.0 Å². The molecule has 2 aliphatic rings. The van der Waals surface area contributed by atoms with Gasteiger partial charge in [0.25, 0.3) is 0 Å². The number of halogens is 1. The van der Waals surface area contributed by atoms with Crippen LogP contribution in [0.4, 0.5) is 10.5 Å². The number of nitrogens with zero attached hydrogens (tertiary/aromatic N) is 2. The Kier molecular flexibility index (Phi) is 11.7. The van der Waals surface area contributed by atoms with Crippen LogP contribution < -0.4 is 14.8 Å². The lowest BCUT2D eigenvalue weighted by Gasteiger charge is -2.39. The number of piperidine rings is 1. The van der Waals surface area contributed by atoms with E-state index < -0.39 is 10.0 Å². The van der Waals surface area contributed by atoms with E-state index in [-0.39, 0.29) is 24.5 Å². The van der Waals surface area contributed by atoms with Gasteiger partial charge in [0.1, 0.15) is 11.5 Å². The molecule has 0 atom stereocenters. The second-order valence-corrected chi connectivity index (χ2v) is 13.3. The third-order valence-corrected chi connectivity index (χ3v) is 8.72. The summed E-state index contributed by atoms with van der Waals surface area (Å²) in [5, 5.41) is 3.36. The molecule has 1 aliphatic carbocycles. The highest BCUT2D eigenvalue weighted by Gasteiger charge is 2.29. The van der Waals surface area contributed by atoms with Gasteiger partial charge in [-0.05, 0) is 73.2 Å². The normalized spacial score (nSPS) is 16.6. The number of amides is 2. The van der Waals surface area contributed by atoms with Crippen LogP contribution >= 0.6 is 12.4 Å². The predicted octanol–water partition coefficient (Wildman–Crippen LogP) is 6.78. The highest BCUT2D eigenvalue weighted by atomic mass is 35.5. The maximum atomic E-state index is 13.5. The number of anilines is 1. The van der Waals surface area contributed by atoms with Crippen molar-refractivity contribution in [3.63, 3.8) is 0 Å². The summed E-state index contributed by atoms with van der Waals surface area (Å²) in [6.07, 6.45) is 8.88. The van der Waals surface area contributed by atoms with E-state index in [1.54, 1.807) is 24.3 Å². The Morgan fingerprint density at radius 1 is 0.837 bits per heavy atom. The number of hydrogen-bond acceptors (Lipinski definition) is 5. The lowest BCUT2D eigenvalue weighted by Crippen LogP contribution is -2.52. The van der Waals surface area contributed by atoms with Crippen molar-refractivity contribution < 1.29 is 17.9 Å². The molecule has 2 fully saturated rings. The first-order chi connectivity index (χ1) is 20.3. The van der Waals surface area contributed by atoms with Crippen molar-refractivity contribution in [1.82, 2.24) is 15.1 Å². The first kappa shape index (κ1) is 32.6. The van der Waals surface area contributed by atoms with Gasteiger partial charge in [-0.1, -0.05) is 61.7 Å². The van der Waals surface area contributed by atoms with E-state index in [0.717, 1.165) is 57.3 Å². The van der Waals surface area contributed by atoms with E-state index in [0.29, 0.717) is 24.0 Å². The van der Waals surface area contributed by atoms with Crippen LogP contribution in [0, 0.1) is 0 Å². The van der Waals surface area contributed by atoms with Crippen LogP contribution in [0.1, 0.15) is 56.1 Å². The van der Waals surface area contributed by atoms with Crippen LogP contribution in [0.15, 0.2) is 78.9 Å². The van der Waals surface area contributed by atoms with Gasteiger partial charge in [0.05, 0.1) is 6.26 Å². The lowest BCUT2D eigenvalue weighted by atomic mass is 9.95. The van der Waals surface area contributed by atoms with Crippen molar-refractivity contribution in [1.29, 1.82) is 0 Å². The Balaban J connectivity index is 0.00000423. The second-order valence-electron chi connectivity index (χ2n) is 11.5. The molecule has 10 heteroatoms. The van der Waals surface area contributed by atoms with Crippen LogP contribution in [0.5, 0.6) is 11.5 Å². The van der Waals surface area contributed by atoms with E-state index in [1.807, 2.05) is 30.3 Å². The fraction of sp³-hybridized carbons (Fsp3) is 0.424. The minimum atomic E-state index is -3.31. The highest BCUT2D eigenvalue weighted by molar-refractivity contribution is 7.92. The van der Waals surface area contributed by atoms with Gasteiger partial charge in [-0.15, -0.1) is 12.4 Å². The number of ether oxygens (including phenoxy) is 1. The van der Waals surface area contributed by atoms with Gasteiger partial charge in [0.15, 0.2) is 0 Å². The predicted molar refractivity (Wildman–Crippen MR) is 174 cm³/mol. The molecule has 43 heavy (non-hydrogen) atoms. The summed E-state index contributed by atoms with van der Waals surface area (Å²) in [6.45, 7) is 3.38. The van der Waals surface area contributed by atoms with E-state index >= 15 is 0 Å². The molecule has 1 aliphatic heterocycles. The molecular weight excluding hydrogens is 584 g/mol. The summed E-state index contributed by atoms with van der Waals surface area (Å²) in [6, 6.07) is 25.8. The van der Waals surface area contributed by atoms with E-state index in [1.165, 1.54) is 30.4 Å². The Labute approximate surface area is 262 Å². The number of hydrogen-bond donors (Lipinski definition) is 2. The fourth-order valence-corrected chi connectivity index (χ4v) is 6.47.